The molecule has 1 saturated carbocycles. The largest absolute Gasteiger partial charge is 0.391 e. The van der Waals surface area contributed by atoms with E-state index in [1.54, 1.807) is 0 Å². The molecule has 5 heteroatoms. The van der Waals surface area contributed by atoms with Crippen molar-refractivity contribution in [3.8, 4) is 0 Å². The molecule has 2 aliphatic rings. The minimum absolute atomic E-state index is 0.146. The number of likely N-dealkylation sites (N-methyl/N-ethyl adjacent to an activating group) is 1. The van der Waals surface area contributed by atoms with Crippen molar-refractivity contribution in [2.24, 2.45) is 13.0 Å². The van der Waals surface area contributed by atoms with Crippen LogP contribution >= 0.6 is 0 Å². The Hall–Kier alpha value is -0.910. The maximum absolute atomic E-state index is 10.3. The fourth-order valence-corrected chi connectivity index (χ4v) is 4.68. The molecule has 1 N–H and O–H groups in total. The molecular formula is C18H32N4O. The summed E-state index contributed by atoms with van der Waals surface area (Å²) < 4.78 is 1.91. The van der Waals surface area contributed by atoms with Crippen LogP contribution < -0.4 is 0 Å². The molecule has 1 aliphatic carbocycles. The van der Waals surface area contributed by atoms with Gasteiger partial charge in [0.15, 0.2) is 0 Å². The molecule has 1 saturated heterocycles. The number of aryl methyl sites for hydroxylation is 1. The zero-order chi connectivity index (χ0) is 16.4. The number of hydrogen-bond acceptors (Lipinski definition) is 4. The monoisotopic (exact) mass is 320 g/mol. The van der Waals surface area contributed by atoms with E-state index in [0.717, 1.165) is 25.9 Å². The molecule has 2 fully saturated rings. The van der Waals surface area contributed by atoms with Crippen LogP contribution in [0.2, 0.25) is 0 Å². The van der Waals surface area contributed by atoms with Crippen molar-refractivity contribution in [3.63, 3.8) is 0 Å². The van der Waals surface area contributed by atoms with E-state index < -0.39 is 0 Å². The Balaban J connectivity index is 1.71. The molecular weight excluding hydrogens is 288 g/mol. The molecule has 3 rings (SSSR count). The molecule has 0 spiro atoms. The molecule has 1 aromatic heterocycles. The lowest BCUT2D eigenvalue weighted by atomic mass is 9.84. The van der Waals surface area contributed by atoms with Crippen LogP contribution in [0.4, 0.5) is 0 Å². The van der Waals surface area contributed by atoms with Crippen molar-refractivity contribution >= 4 is 0 Å². The predicted octanol–water partition coefficient (Wildman–Crippen LogP) is 2.04. The van der Waals surface area contributed by atoms with Gasteiger partial charge in [-0.15, -0.1) is 0 Å². The summed E-state index contributed by atoms with van der Waals surface area (Å²) in [4.78, 5) is 4.91. The van der Waals surface area contributed by atoms with Gasteiger partial charge < -0.3 is 10.0 Å². The van der Waals surface area contributed by atoms with E-state index in [-0.39, 0.29) is 6.10 Å². The van der Waals surface area contributed by atoms with Crippen molar-refractivity contribution in [2.45, 2.75) is 56.7 Å². The van der Waals surface area contributed by atoms with Crippen LogP contribution in [0, 0.1) is 5.92 Å². The maximum Gasteiger partial charge on any atom is 0.0695 e. The number of aliphatic hydroxyl groups excluding tert-OH is 1. The number of likely N-dealkylation sites (tertiary alicyclic amines) is 1. The van der Waals surface area contributed by atoms with E-state index in [4.69, 9.17) is 0 Å². The number of hydrogen-bond donors (Lipinski definition) is 1. The molecule has 0 radical (unpaired) electrons. The topological polar surface area (TPSA) is 44.5 Å². The second-order valence-corrected chi connectivity index (χ2v) is 7.63. The lowest BCUT2D eigenvalue weighted by Crippen LogP contribution is -2.48. The molecule has 1 aromatic rings. The van der Waals surface area contributed by atoms with Crippen LogP contribution in [-0.2, 0) is 7.05 Å². The molecule has 5 nitrogen and oxygen atoms in total. The van der Waals surface area contributed by atoms with Gasteiger partial charge in [-0.05, 0) is 52.2 Å². The SMILES string of the molecule is CN(C[C@@H]1CCCN(C)[C@H]1c1cnn(C)c1)[C@H]1CCCC[C@H]1O. The first-order valence-corrected chi connectivity index (χ1v) is 9.13. The normalized spacial score (nSPS) is 33.3. The number of aromatic nitrogens is 2. The van der Waals surface area contributed by atoms with E-state index in [0.29, 0.717) is 18.0 Å². The van der Waals surface area contributed by atoms with Crippen molar-refractivity contribution in [2.75, 3.05) is 27.2 Å². The van der Waals surface area contributed by atoms with Crippen molar-refractivity contribution in [1.29, 1.82) is 0 Å². The fourth-order valence-electron chi connectivity index (χ4n) is 4.68. The maximum atomic E-state index is 10.3. The second kappa shape index (κ2) is 7.32. The van der Waals surface area contributed by atoms with Crippen LogP contribution in [0.15, 0.2) is 12.4 Å². The van der Waals surface area contributed by atoms with Gasteiger partial charge in [-0.1, -0.05) is 12.8 Å². The number of piperidine rings is 1. The standard InChI is InChI=1S/C18H32N4O/c1-20-10-6-7-14(18(20)15-11-19-22(3)13-15)12-21(2)16-8-4-5-9-17(16)23/h11,13-14,16-18,23H,4-10,12H2,1-3H3/t14-,16-,17+,18+/m0/s1. The van der Waals surface area contributed by atoms with Gasteiger partial charge in [0.05, 0.1) is 12.3 Å². The Kier molecular flexibility index (Phi) is 5.39. The molecule has 1 aliphatic heterocycles. The summed E-state index contributed by atoms with van der Waals surface area (Å²) in [5.41, 5.74) is 1.33. The highest BCUT2D eigenvalue weighted by Crippen LogP contribution is 2.36. The minimum atomic E-state index is -0.146. The number of rotatable bonds is 4. The second-order valence-electron chi connectivity index (χ2n) is 7.63. The lowest BCUT2D eigenvalue weighted by Gasteiger charge is -2.43. The summed E-state index contributed by atoms with van der Waals surface area (Å²) >= 11 is 0. The van der Waals surface area contributed by atoms with E-state index in [1.165, 1.54) is 31.2 Å². The van der Waals surface area contributed by atoms with Crippen molar-refractivity contribution in [3.05, 3.63) is 18.0 Å². The summed E-state index contributed by atoms with van der Waals surface area (Å²) in [6.07, 6.45) is 11.1. The Morgan fingerprint density at radius 2 is 2.00 bits per heavy atom. The highest BCUT2D eigenvalue weighted by Gasteiger charge is 2.34. The van der Waals surface area contributed by atoms with Gasteiger partial charge >= 0.3 is 0 Å². The molecule has 0 amide bonds. The Morgan fingerprint density at radius 1 is 1.22 bits per heavy atom. The molecule has 2 heterocycles. The summed E-state index contributed by atoms with van der Waals surface area (Å²) in [6.45, 7) is 2.22. The first-order chi connectivity index (χ1) is 11.1. The average Bonchev–Trinajstić information content (AvgIpc) is 2.94. The van der Waals surface area contributed by atoms with Crippen LogP contribution in [0.25, 0.3) is 0 Å². The van der Waals surface area contributed by atoms with Crippen LogP contribution in [0.3, 0.4) is 0 Å². The van der Waals surface area contributed by atoms with Gasteiger partial charge in [-0.2, -0.15) is 5.10 Å². The Morgan fingerprint density at radius 3 is 2.70 bits per heavy atom. The molecule has 130 valence electrons. The van der Waals surface area contributed by atoms with E-state index in [9.17, 15) is 5.11 Å². The van der Waals surface area contributed by atoms with Crippen LogP contribution in [0.5, 0.6) is 0 Å². The van der Waals surface area contributed by atoms with Gasteiger partial charge in [-0.3, -0.25) is 9.58 Å². The number of nitrogens with zero attached hydrogens (tertiary/aromatic N) is 4. The Labute approximate surface area is 140 Å². The van der Waals surface area contributed by atoms with Gasteiger partial charge in [0, 0.05) is 37.4 Å². The predicted molar refractivity (Wildman–Crippen MR) is 92.2 cm³/mol. The lowest BCUT2D eigenvalue weighted by molar-refractivity contribution is 0.00989. The molecule has 23 heavy (non-hydrogen) atoms. The number of aliphatic hydroxyl groups is 1. The van der Waals surface area contributed by atoms with E-state index in [2.05, 4.69) is 35.2 Å². The van der Waals surface area contributed by atoms with Crippen LogP contribution in [0.1, 0.15) is 50.1 Å². The van der Waals surface area contributed by atoms with Gasteiger partial charge in [-0.25, -0.2) is 0 Å². The first-order valence-electron chi connectivity index (χ1n) is 9.13. The summed E-state index contributed by atoms with van der Waals surface area (Å²) in [5.74, 6) is 0.608. The third-order valence-corrected chi connectivity index (χ3v) is 5.86. The van der Waals surface area contributed by atoms with E-state index >= 15 is 0 Å². The van der Waals surface area contributed by atoms with E-state index in [1.807, 2.05) is 17.9 Å². The van der Waals surface area contributed by atoms with Gasteiger partial charge in [0.1, 0.15) is 0 Å². The quantitative estimate of drug-likeness (QED) is 0.922. The third-order valence-electron chi connectivity index (χ3n) is 5.86. The molecule has 4 atom stereocenters. The third kappa shape index (κ3) is 3.78. The average molecular weight is 320 g/mol. The molecule has 0 aromatic carbocycles. The zero-order valence-electron chi connectivity index (χ0n) is 14.9. The van der Waals surface area contributed by atoms with Crippen LogP contribution in [-0.4, -0.2) is 64.0 Å². The Bertz CT molecular complexity index is 503. The summed E-state index contributed by atoms with van der Waals surface area (Å²) in [7, 11) is 6.43. The highest BCUT2D eigenvalue weighted by atomic mass is 16.3. The summed E-state index contributed by atoms with van der Waals surface area (Å²) in [5, 5.41) is 14.7. The van der Waals surface area contributed by atoms with Crippen molar-refractivity contribution in [1.82, 2.24) is 19.6 Å². The first kappa shape index (κ1) is 16.9. The minimum Gasteiger partial charge on any atom is -0.391 e. The highest BCUT2D eigenvalue weighted by molar-refractivity contribution is 5.13. The smallest absolute Gasteiger partial charge is 0.0695 e. The molecule has 0 unspecified atom stereocenters. The molecule has 0 bridgehead atoms. The van der Waals surface area contributed by atoms with Crippen molar-refractivity contribution < 1.29 is 5.11 Å². The van der Waals surface area contributed by atoms with Gasteiger partial charge in [0.2, 0.25) is 0 Å². The summed E-state index contributed by atoms with van der Waals surface area (Å²) in [6, 6.07) is 0.783. The fraction of sp³-hybridized carbons (Fsp3) is 0.833. The zero-order valence-corrected chi connectivity index (χ0v) is 14.9. The van der Waals surface area contributed by atoms with Gasteiger partial charge in [0.25, 0.3) is 0 Å².